The van der Waals surface area contributed by atoms with Gasteiger partial charge in [-0.05, 0) is 129 Å². The number of hydrogen-bond donors (Lipinski definition) is 0. The summed E-state index contributed by atoms with van der Waals surface area (Å²) in [7, 11) is 0. The Kier molecular flexibility index (Phi) is 8.57. The van der Waals surface area contributed by atoms with Crippen molar-refractivity contribution in [2.24, 2.45) is 0 Å². The van der Waals surface area contributed by atoms with Gasteiger partial charge in [0, 0.05) is 16.3 Å². The normalized spacial score (nSPS) is 11.7. The number of rotatable bonds is 6. The Labute approximate surface area is 376 Å². The third-order valence-electron chi connectivity index (χ3n) is 13.3. The van der Waals surface area contributed by atoms with Crippen LogP contribution in [0.2, 0.25) is 0 Å². The van der Waals surface area contributed by atoms with Crippen LogP contribution in [0.5, 0.6) is 0 Å². The quantitative estimate of drug-likeness (QED) is 0.153. The van der Waals surface area contributed by atoms with Crippen LogP contribution in [-0.4, -0.2) is 9.78 Å². The zero-order valence-electron chi connectivity index (χ0n) is 35.5. The maximum absolute atomic E-state index is 5.48. The second-order valence-electron chi connectivity index (χ2n) is 17.1. The predicted molar refractivity (Wildman–Crippen MR) is 276 cm³/mol. The molecule has 0 aliphatic carbocycles. The standard InChI is InChI=1S/C63H40N2/c1-4-19-43(20-5-1)56-40-57-51(29-16-30-55(57)63-61(56)62(44-21-6-2-7-22-44)64-65(63)50-25-8-3-9-26-50)47-35-36-54-58(39-47)60(49-34-32-42-18-11-13-24-46(42)38-49)53-28-15-14-27-52(53)59(54)48-33-31-41-17-10-12-23-45(41)37-48/h1-40H. The lowest BCUT2D eigenvalue weighted by Gasteiger charge is -2.20. The van der Waals surface area contributed by atoms with Crippen LogP contribution in [0.1, 0.15) is 0 Å². The van der Waals surface area contributed by atoms with Crippen molar-refractivity contribution in [3.63, 3.8) is 0 Å². The largest absolute Gasteiger partial charge is 0.232 e. The van der Waals surface area contributed by atoms with Gasteiger partial charge in [0.1, 0.15) is 5.69 Å². The molecule has 13 aromatic rings. The topological polar surface area (TPSA) is 17.8 Å². The van der Waals surface area contributed by atoms with Crippen LogP contribution in [0.4, 0.5) is 0 Å². The lowest BCUT2D eigenvalue weighted by atomic mass is 9.83. The molecule has 2 heteroatoms. The molecule has 302 valence electrons. The molecule has 0 radical (unpaired) electrons. The highest BCUT2D eigenvalue weighted by molar-refractivity contribution is 6.24. The van der Waals surface area contributed by atoms with Gasteiger partial charge in [-0.3, -0.25) is 0 Å². The van der Waals surface area contributed by atoms with Crippen LogP contribution in [0.15, 0.2) is 243 Å². The molecule has 0 amide bonds. The second-order valence-corrected chi connectivity index (χ2v) is 17.1. The Balaban J connectivity index is 1.14. The van der Waals surface area contributed by atoms with E-state index in [2.05, 4.69) is 247 Å². The van der Waals surface area contributed by atoms with E-state index in [1.807, 2.05) is 0 Å². The van der Waals surface area contributed by atoms with E-state index in [1.165, 1.54) is 76.3 Å². The van der Waals surface area contributed by atoms with E-state index in [1.54, 1.807) is 0 Å². The van der Waals surface area contributed by atoms with E-state index < -0.39 is 0 Å². The molecule has 0 saturated carbocycles. The summed E-state index contributed by atoms with van der Waals surface area (Å²) in [5.41, 5.74) is 13.7. The summed E-state index contributed by atoms with van der Waals surface area (Å²) in [5.74, 6) is 0. The first kappa shape index (κ1) is 37.0. The van der Waals surface area contributed by atoms with Gasteiger partial charge in [0.2, 0.25) is 0 Å². The fourth-order valence-corrected chi connectivity index (χ4v) is 10.4. The second kappa shape index (κ2) is 15.0. The third-order valence-corrected chi connectivity index (χ3v) is 13.3. The molecular formula is C63H40N2. The first-order valence-electron chi connectivity index (χ1n) is 22.4. The molecule has 0 unspecified atom stereocenters. The molecule has 13 rings (SSSR count). The zero-order chi connectivity index (χ0) is 42.8. The van der Waals surface area contributed by atoms with Gasteiger partial charge < -0.3 is 0 Å². The lowest BCUT2D eigenvalue weighted by molar-refractivity contribution is 0.918. The van der Waals surface area contributed by atoms with E-state index in [0.717, 1.165) is 49.9 Å². The van der Waals surface area contributed by atoms with Crippen molar-refractivity contribution >= 4 is 64.8 Å². The average molecular weight is 825 g/mol. The lowest BCUT2D eigenvalue weighted by Crippen LogP contribution is -1.97. The molecule has 0 spiro atoms. The van der Waals surface area contributed by atoms with Crippen LogP contribution in [0.25, 0.3) is 126 Å². The van der Waals surface area contributed by atoms with Crippen molar-refractivity contribution in [2.45, 2.75) is 0 Å². The van der Waals surface area contributed by atoms with Gasteiger partial charge in [-0.2, -0.15) is 5.10 Å². The van der Waals surface area contributed by atoms with Gasteiger partial charge in [-0.1, -0.05) is 206 Å². The number of aromatic nitrogens is 2. The van der Waals surface area contributed by atoms with Gasteiger partial charge in [0.25, 0.3) is 0 Å². The van der Waals surface area contributed by atoms with E-state index >= 15 is 0 Å². The molecule has 0 saturated heterocycles. The number of fused-ring (bicyclic) bond motifs is 7. The molecule has 0 aliphatic heterocycles. The van der Waals surface area contributed by atoms with Gasteiger partial charge in [-0.25, -0.2) is 4.68 Å². The summed E-state index contributed by atoms with van der Waals surface area (Å²) in [6.45, 7) is 0. The van der Waals surface area contributed by atoms with Crippen LogP contribution >= 0.6 is 0 Å². The molecule has 0 bridgehead atoms. The highest BCUT2D eigenvalue weighted by Gasteiger charge is 2.23. The number of benzene rings is 12. The summed E-state index contributed by atoms with van der Waals surface area (Å²) < 4.78 is 2.16. The summed E-state index contributed by atoms with van der Waals surface area (Å²) >= 11 is 0. The number of nitrogens with zero attached hydrogens (tertiary/aromatic N) is 2. The Morgan fingerprint density at radius 3 is 1.43 bits per heavy atom. The molecule has 0 aliphatic rings. The molecule has 1 heterocycles. The highest BCUT2D eigenvalue weighted by atomic mass is 15.3. The number of hydrogen-bond acceptors (Lipinski definition) is 1. The van der Waals surface area contributed by atoms with Crippen LogP contribution in [-0.2, 0) is 0 Å². The molecule has 1 aromatic heterocycles. The van der Waals surface area contributed by atoms with Crippen molar-refractivity contribution in [3.8, 4) is 61.5 Å². The SMILES string of the molecule is c1ccc(-c2cc3c(-c4ccc5c(-c6ccc7ccccc7c6)c6ccccc6c(-c6ccc7ccccc7c6)c5c4)cccc3c3c2c(-c2ccccc2)nn3-c2ccccc2)cc1. The maximum atomic E-state index is 5.48. The smallest absolute Gasteiger partial charge is 0.101 e. The summed E-state index contributed by atoms with van der Waals surface area (Å²) in [5, 5.41) is 18.8. The predicted octanol–water partition coefficient (Wildman–Crippen LogP) is 17.1. The summed E-state index contributed by atoms with van der Waals surface area (Å²) in [6.07, 6.45) is 0. The van der Waals surface area contributed by atoms with Crippen LogP contribution < -0.4 is 0 Å². The van der Waals surface area contributed by atoms with Crippen molar-refractivity contribution < 1.29 is 0 Å². The van der Waals surface area contributed by atoms with Crippen molar-refractivity contribution in [2.75, 3.05) is 0 Å². The van der Waals surface area contributed by atoms with Crippen molar-refractivity contribution in [1.82, 2.24) is 9.78 Å². The molecule has 0 fully saturated rings. The minimum absolute atomic E-state index is 0.967. The number of para-hydroxylation sites is 1. The Bertz CT molecular complexity index is 3980. The fraction of sp³-hybridized carbons (Fsp3) is 0. The van der Waals surface area contributed by atoms with Crippen molar-refractivity contribution in [1.29, 1.82) is 0 Å². The zero-order valence-corrected chi connectivity index (χ0v) is 35.5. The molecule has 12 aromatic carbocycles. The maximum Gasteiger partial charge on any atom is 0.101 e. The van der Waals surface area contributed by atoms with E-state index in [4.69, 9.17) is 5.10 Å². The van der Waals surface area contributed by atoms with E-state index in [-0.39, 0.29) is 0 Å². The van der Waals surface area contributed by atoms with Gasteiger partial charge in [-0.15, -0.1) is 0 Å². The summed E-state index contributed by atoms with van der Waals surface area (Å²) in [4.78, 5) is 0. The van der Waals surface area contributed by atoms with Gasteiger partial charge in [0.05, 0.1) is 11.2 Å². The molecule has 2 nitrogen and oxygen atoms in total. The third kappa shape index (κ3) is 6.07. The first-order chi connectivity index (χ1) is 32.2. The highest BCUT2D eigenvalue weighted by Crippen LogP contribution is 2.48. The molecule has 0 N–H and O–H groups in total. The van der Waals surface area contributed by atoms with Gasteiger partial charge in [0.15, 0.2) is 0 Å². The summed E-state index contributed by atoms with van der Waals surface area (Å²) in [6, 6.07) is 88.6. The van der Waals surface area contributed by atoms with Crippen LogP contribution in [0, 0.1) is 0 Å². The Hall–Kier alpha value is -8.59. The van der Waals surface area contributed by atoms with E-state index in [0.29, 0.717) is 0 Å². The van der Waals surface area contributed by atoms with Crippen molar-refractivity contribution in [3.05, 3.63) is 243 Å². The van der Waals surface area contributed by atoms with Crippen LogP contribution in [0.3, 0.4) is 0 Å². The van der Waals surface area contributed by atoms with Gasteiger partial charge >= 0.3 is 0 Å². The Morgan fingerprint density at radius 2 is 0.785 bits per heavy atom. The minimum atomic E-state index is 0.967. The molecule has 65 heavy (non-hydrogen) atoms. The monoisotopic (exact) mass is 824 g/mol. The fourth-order valence-electron chi connectivity index (χ4n) is 10.4. The van der Waals surface area contributed by atoms with E-state index in [9.17, 15) is 0 Å². The molecule has 0 atom stereocenters. The molecular weight excluding hydrogens is 785 g/mol. The first-order valence-corrected chi connectivity index (χ1v) is 22.4. The average Bonchev–Trinajstić information content (AvgIpc) is 3.79. The minimum Gasteiger partial charge on any atom is -0.232 e. The Morgan fingerprint density at radius 1 is 0.277 bits per heavy atom.